The smallest absolute Gasteiger partial charge is 0.306 e. The Bertz CT molecular complexity index is 796. The van der Waals surface area contributed by atoms with E-state index in [9.17, 15) is 14.4 Å². The molecule has 0 spiro atoms. The first-order valence-electron chi connectivity index (χ1n) is 22.8. The van der Waals surface area contributed by atoms with Crippen molar-refractivity contribution in [3.8, 4) is 0 Å². The van der Waals surface area contributed by atoms with Crippen LogP contribution in [-0.2, 0) is 28.6 Å². The molecule has 2 atom stereocenters. The number of carbonyl (C=O) groups is 3. The molecule has 308 valence electrons. The molecule has 0 amide bonds. The van der Waals surface area contributed by atoms with E-state index in [1.54, 1.807) is 0 Å². The zero-order valence-corrected chi connectivity index (χ0v) is 35.4. The Morgan fingerprint density at radius 1 is 0.404 bits per heavy atom. The van der Waals surface area contributed by atoms with E-state index in [-0.39, 0.29) is 31.1 Å². The summed E-state index contributed by atoms with van der Waals surface area (Å²) in [6.07, 6.45) is 36.6. The lowest BCUT2D eigenvalue weighted by Crippen LogP contribution is -2.30. The van der Waals surface area contributed by atoms with Crippen molar-refractivity contribution in [2.75, 3.05) is 13.2 Å². The van der Waals surface area contributed by atoms with Crippen molar-refractivity contribution in [2.45, 2.75) is 253 Å². The van der Waals surface area contributed by atoms with Gasteiger partial charge in [-0.1, -0.05) is 208 Å². The summed E-state index contributed by atoms with van der Waals surface area (Å²) >= 11 is 0. The van der Waals surface area contributed by atoms with E-state index in [0.717, 1.165) is 69.6 Å². The van der Waals surface area contributed by atoms with Gasteiger partial charge in [0.2, 0.25) is 0 Å². The first kappa shape index (κ1) is 50.4. The molecule has 0 fully saturated rings. The summed E-state index contributed by atoms with van der Waals surface area (Å²) in [6, 6.07) is 0. The molecule has 6 heteroatoms. The molecule has 0 aliphatic heterocycles. The summed E-state index contributed by atoms with van der Waals surface area (Å²) in [5.74, 6) is 0.788. The van der Waals surface area contributed by atoms with Gasteiger partial charge in [0.1, 0.15) is 13.2 Å². The molecule has 0 aliphatic carbocycles. The van der Waals surface area contributed by atoms with Crippen LogP contribution in [0.15, 0.2) is 0 Å². The molecule has 0 saturated heterocycles. The van der Waals surface area contributed by atoms with Gasteiger partial charge in [0.25, 0.3) is 0 Å². The monoisotopic (exact) mass is 737 g/mol. The van der Waals surface area contributed by atoms with Crippen LogP contribution in [-0.4, -0.2) is 37.2 Å². The lowest BCUT2D eigenvalue weighted by atomic mass is 9.99. The van der Waals surface area contributed by atoms with Gasteiger partial charge in [-0.05, 0) is 31.1 Å². The molecular weight excluding hydrogens is 648 g/mol. The SMILES string of the molecule is CCCCCCCCCCCCC(=O)OC[C@H](COC(=O)CCCCCCCCCC(C)C)OC(=O)CCCCCCCCCCCCC(C)CC. The van der Waals surface area contributed by atoms with Gasteiger partial charge in [0.05, 0.1) is 0 Å². The van der Waals surface area contributed by atoms with E-state index < -0.39 is 6.10 Å². The number of carbonyl (C=O) groups excluding carboxylic acids is 3. The zero-order chi connectivity index (χ0) is 38.3. The molecule has 52 heavy (non-hydrogen) atoms. The Hall–Kier alpha value is -1.59. The van der Waals surface area contributed by atoms with Crippen molar-refractivity contribution in [3.05, 3.63) is 0 Å². The van der Waals surface area contributed by atoms with Gasteiger partial charge in [0, 0.05) is 19.3 Å². The van der Waals surface area contributed by atoms with Crippen LogP contribution >= 0.6 is 0 Å². The van der Waals surface area contributed by atoms with Crippen molar-refractivity contribution < 1.29 is 28.6 Å². The topological polar surface area (TPSA) is 78.9 Å². The van der Waals surface area contributed by atoms with Crippen molar-refractivity contribution in [1.82, 2.24) is 0 Å². The van der Waals surface area contributed by atoms with Gasteiger partial charge >= 0.3 is 17.9 Å². The van der Waals surface area contributed by atoms with Crippen molar-refractivity contribution in [2.24, 2.45) is 11.8 Å². The minimum Gasteiger partial charge on any atom is -0.462 e. The molecule has 0 rings (SSSR count). The van der Waals surface area contributed by atoms with Gasteiger partial charge in [-0.2, -0.15) is 0 Å². The molecule has 0 aromatic carbocycles. The highest BCUT2D eigenvalue weighted by Gasteiger charge is 2.19. The third-order valence-corrected chi connectivity index (χ3v) is 10.6. The fraction of sp³-hybridized carbons (Fsp3) is 0.935. The molecule has 1 unspecified atom stereocenters. The molecule has 6 nitrogen and oxygen atoms in total. The zero-order valence-electron chi connectivity index (χ0n) is 35.4. The fourth-order valence-corrected chi connectivity index (χ4v) is 6.72. The Morgan fingerprint density at radius 3 is 1.10 bits per heavy atom. The lowest BCUT2D eigenvalue weighted by molar-refractivity contribution is -0.167. The third-order valence-electron chi connectivity index (χ3n) is 10.6. The summed E-state index contributed by atoms with van der Waals surface area (Å²) in [4.78, 5) is 37.7. The van der Waals surface area contributed by atoms with E-state index in [4.69, 9.17) is 14.2 Å². The molecule has 0 N–H and O–H groups in total. The number of rotatable bonds is 40. The van der Waals surface area contributed by atoms with Crippen molar-refractivity contribution >= 4 is 17.9 Å². The van der Waals surface area contributed by atoms with Gasteiger partial charge < -0.3 is 14.2 Å². The van der Waals surface area contributed by atoms with Crippen LogP contribution in [0, 0.1) is 11.8 Å². The van der Waals surface area contributed by atoms with Gasteiger partial charge in [-0.3, -0.25) is 14.4 Å². The normalized spacial score (nSPS) is 12.6. The first-order chi connectivity index (χ1) is 25.3. The highest BCUT2D eigenvalue weighted by atomic mass is 16.6. The maximum Gasteiger partial charge on any atom is 0.306 e. The number of hydrogen-bond acceptors (Lipinski definition) is 6. The highest BCUT2D eigenvalue weighted by molar-refractivity contribution is 5.71. The molecule has 0 aromatic rings. The standard InChI is InChI=1S/C46H88O6/c1-6-8-9-10-11-12-16-21-26-31-36-44(47)50-39-43(40-51-45(48)37-32-27-23-18-19-24-29-34-41(3)4)52-46(49)38-33-28-22-17-14-13-15-20-25-30-35-42(5)7-2/h41-43H,6-40H2,1-5H3/t42?,43-/m1/s1. The molecule has 0 radical (unpaired) electrons. The van der Waals surface area contributed by atoms with Gasteiger partial charge in [0.15, 0.2) is 6.10 Å². The van der Waals surface area contributed by atoms with Crippen LogP contribution < -0.4 is 0 Å². The van der Waals surface area contributed by atoms with Crippen LogP contribution in [0.5, 0.6) is 0 Å². The van der Waals surface area contributed by atoms with Gasteiger partial charge in [-0.25, -0.2) is 0 Å². The predicted octanol–water partition coefficient (Wildman–Crippen LogP) is 14.2. The third kappa shape index (κ3) is 38.1. The Labute approximate surface area is 323 Å². The predicted molar refractivity (Wildman–Crippen MR) is 220 cm³/mol. The molecule has 0 bridgehead atoms. The molecular formula is C46H88O6. The van der Waals surface area contributed by atoms with E-state index in [0.29, 0.717) is 19.3 Å². The minimum atomic E-state index is -0.760. The van der Waals surface area contributed by atoms with E-state index >= 15 is 0 Å². The summed E-state index contributed by atoms with van der Waals surface area (Å²) in [5.41, 5.74) is 0. The summed E-state index contributed by atoms with van der Waals surface area (Å²) in [7, 11) is 0. The quantitative estimate of drug-likeness (QED) is 0.0354. The van der Waals surface area contributed by atoms with E-state index in [1.165, 1.54) is 135 Å². The van der Waals surface area contributed by atoms with Crippen LogP contribution in [0.25, 0.3) is 0 Å². The average molecular weight is 737 g/mol. The lowest BCUT2D eigenvalue weighted by Gasteiger charge is -2.18. The number of hydrogen-bond donors (Lipinski definition) is 0. The van der Waals surface area contributed by atoms with Crippen molar-refractivity contribution in [1.29, 1.82) is 0 Å². The summed E-state index contributed by atoms with van der Waals surface area (Å²) < 4.78 is 16.7. The maximum absolute atomic E-state index is 12.7. The van der Waals surface area contributed by atoms with Gasteiger partial charge in [-0.15, -0.1) is 0 Å². The van der Waals surface area contributed by atoms with Crippen LogP contribution in [0.2, 0.25) is 0 Å². The summed E-state index contributed by atoms with van der Waals surface area (Å²) in [6.45, 7) is 11.3. The molecule has 0 heterocycles. The highest BCUT2D eigenvalue weighted by Crippen LogP contribution is 2.17. The summed E-state index contributed by atoms with van der Waals surface area (Å²) in [5, 5.41) is 0. The van der Waals surface area contributed by atoms with E-state index in [1.807, 2.05) is 0 Å². The second-order valence-electron chi connectivity index (χ2n) is 16.4. The van der Waals surface area contributed by atoms with Crippen LogP contribution in [0.3, 0.4) is 0 Å². The Kier molecular flexibility index (Phi) is 37.9. The van der Waals surface area contributed by atoms with Crippen LogP contribution in [0.4, 0.5) is 0 Å². The Morgan fingerprint density at radius 2 is 0.731 bits per heavy atom. The minimum absolute atomic E-state index is 0.0654. The second kappa shape index (κ2) is 39.1. The first-order valence-corrected chi connectivity index (χ1v) is 22.8. The number of unbranched alkanes of at least 4 members (excludes halogenated alkanes) is 24. The molecule has 0 saturated carbocycles. The second-order valence-corrected chi connectivity index (χ2v) is 16.4. The fourth-order valence-electron chi connectivity index (χ4n) is 6.72. The van der Waals surface area contributed by atoms with E-state index in [2.05, 4.69) is 34.6 Å². The maximum atomic E-state index is 12.7. The number of ether oxygens (including phenoxy) is 3. The van der Waals surface area contributed by atoms with Crippen molar-refractivity contribution in [3.63, 3.8) is 0 Å². The largest absolute Gasteiger partial charge is 0.462 e. The average Bonchev–Trinajstić information content (AvgIpc) is 3.12. The Balaban J connectivity index is 4.34. The number of esters is 3. The van der Waals surface area contributed by atoms with Crippen LogP contribution in [0.1, 0.15) is 247 Å². The molecule has 0 aliphatic rings. The molecule has 0 aromatic heterocycles.